The Bertz CT molecular complexity index is 2680. The summed E-state index contributed by atoms with van der Waals surface area (Å²) in [6.45, 7) is 0. The van der Waals surface area contributed by atoms with Gasteiger partial charge in [0.2, 0.25) is 0 Å². The number of hydrogen-bond donors (Lipinski definition) is 0. The number of aromatic nitrogens is 5. The number of nitriles is 1. The molecule has 0 radical (unpaired) electrons. The fourth-order valence-corrected chi connectivity index (χ4v) is 6.75. The predicted molar refractivity (Wildman–Crippen MR) is 200 cm³/mol. The van der Waals surface area contributed by atoms with Crippen LogP contribution in [0.1, 0.15) is 5.56 Å². The summed E-state index contributed by atoms with van der Waals surface area (Å²) in [5.74, 6) is 0. The summed E-state index contributed by atoms with van der Waals surface area (Å²) in [6, 6.07) is 43.5. The third-order valence-corrected chi connectivity index (χ3v) is 9.21. The normalized spacial score (nSPS) is 11.2. The summed E-state index contributed by atoms with van der Waals surface area (Å²) in [6.07, 6.45) is 10.9. The number of fused-ring (bicyclic) bond motifs is 5. The van der Waals surface area contributed by atoms with Crippen LogP contribution in [0.3, 0.4) is 0 Å². The number of benzene rings is 4. The first-order valence-electron chi connectivity index (χ1n) is 16.3. The van der Waals surface area contributed by atoms with Gasteiger partial charge in [-0.25, -0.2) is 4.98 Å². The van der Waals surface area contributed by atoms with Crippen molar-refractivity contribution in [1.29, 1.82) is 5.26 Å². The lowest BCUT2D eigenvalue weighted by atomic mass is 9.90. The van der Waals surface area contributed by atoms with E-state index in [0.717, 1.165) is 88.5 Å². The first-order valence-corrected chi connectivity index (χ1v) is 16.3. The van der Waals surface area contributed by atoms with Gasteiger partial charge in [0.1, 0.15) is 0 Å². The van der Waals surface area contributed by atoms with Crippen molar-refractivity contribution < 1.29 is 0 Å². The van der Waals surface area contributed by atoms with Gasteiger partial charge >= 0.3 is 0 Å². The monoisotopic (exact) mass is 638 g/mol. The van der Waals surface area contributed by atoms with Gasteiger partial charge in [-0.15, -0.1) is 0 Å². The molecule has 6 heteroatoms. The number of nitrogens with zero attached hydrogens (tertiary/aromatic N) is 6. The second kappa shape index (κ2) is 12.2. The summed E-state index contributed by atoms with van der Waals surface area (Å²) in [5.41, 5.74) is 12.5. The molecular weight excluding hydrogens is 613 g/mol. The highest BCUT2D eigenvalue weighted by atomic mass is 14.7. The van der Waals surface area contributed by atoms with E-state index in [-0.39, 0.29) is 0 Å². The van der Waals surface area contributed by atoms with Gasteiger partial charge in [0.15, 0.2) is 0 Å². The molecule has 9 rings (SSSR count). The summed E-state index contributed by atoms with van der Waals surface area (Å²) in [4.78, 5) is 23.4. The molecule has 5 aromatic heterocycles. The SMILES string of the molecule is N#Cc1ccc(-c2ccc(-c3cc4c5cccnc5c(-c5cc(-c6ccncc6)nc(-c6ccncc6)c5)cc4c4cccnc34)cc2)cc1. The van der Waals surface area contributed by atoms with Crippen LogP contribution in [0.25, 0.3) is 88.5 Å². The van der Waals surface area contributed by atoms with Gasteiger partial charge in [-0.05, 0) is 106 Å². The van der Waals surface area contributed by atoms with Crippen molar-refractivity contribution in [2.45, 2.75) is 0 Å². The molecule has 0 N–H and O–H groups in total. The van der Waals surface area contributed by atoms with Crippen molar-refractivity contribution in [3.05, 3.63) is 164 Å². The molecule has 50 heavy (non-hydrogen) atoms. The average Bonchev–Trinajstić information content (AvgIpc) is 3.21. The van der Waals surface area contributed by atoms with Crippen LogP contribution in [-0.4, -0.2) is 24.9 Å². The molecule has 0 unspecified atom stereocenters. The van der Waals surface area contributed by atoms with Crippen molar-refractivity contribution in [2.24, 2.45) is 0 Å². The topological polar surface area (TPSA) is 88.2 Å². The van der Waals surface area contributed by atoms with Crippen molar-refractivity contribution >= 4 is 32.6 Å². The van der Waals surface area contributed by atoms with Crippen LogP contribution < -0.4 is 0 Å². The quantitative estimate of drug-likeness (QED) is 0.174. The van der Waals surface area contributed by atoms with Gasteiger partial charge in [0.05, 0.1) is 34.1 Å². The molecule has 0 atom stereocenters. The molecular formula is C44H26N6. The first kappa shape index (κ1) is 29.1. The molecule has 4 aromatic carbocycles. The Morgan fingerprint density at radius 2 is 0.860 bits per heavy atom. The molecule has 6 nitrogen and oxygen atoms in total. The molecule has 0 amide bonds. The third-order valence-electron chi connectivity index (χ3n) is 9.21. The van der Waals surface area contributed by atoms with Crippen LogP contribution in [0, 0.1) is 11.3 Å². The van der Waals surface area contributed by atoms with E-state index in [4.69, 9.17) is 15.0 Å². The third kappa shape index (κ3) is 5.11. The highest BCUT2D eigenvalue weighted by Gasteiger charge is 2.18. The van der Waals surface area contributed by atoms with Gasteiger partial charge in [-0.2, -0.15) is 5.26 Å². The van der Waals surface area contributed by atoms with Gasteiger partial charge < -0.3 is 0 Å². The van der Waals surface area contributed by atoms with Crippen molar-refractivity contribution in [2.75, 3.05) is 0 Å². The van der Waals surface area contributed by atoms with Crippen molar-refractivity contribution in [3.8, 4) is 62.0 Å². The van der Waals surface area contributed by atoms with Crippen LogP contribution in [0.4, 0.5) is 0 Å². The number of pyridine rings is 5. The molecule has 0 saturated heterocycles. The maximum Gasteiger partial charge on any atom is 0.0991 e. The summed E-state index contributed by atoms with van der Waals surface area (Å²) >= 11 is 0. The maximum atomic E-state index is 9.20. The molecule has 0 aliphatic carbocycles. The summed E-state index contributed by atoms with van der Waals surface area (Å²) < 4.78 is 0. The smallest absolute Gasteiger partial charge is 0.0991 e. The Morgan fingerprint density at radius 1 is 0.400 bits per heavy atom. The van der Waals surface area contributed by atoms with Crippen LogP contribution >= 0.6 is 0 Å². The molecule has 0 saturated carbocycles. The van der Waals surface area contributed by atoms with E-state index in [9.17, 15) is 5.26 Å². The van der Waals surface area contributed by atoms with E-state index in [1.54, 1.807) is 24.8 Å². The molecule has 9 aromatic rings. The van der Waals surface area contributed by atoms with Gasteiger partial charge in [0.25, 0.3) is 0 Å². The van der Waals surface area contributed by atoms with Gasteiger partial charge in [-0.1, -0.05) is 48.5 Å². The Labute approximate surface area is 288 Å². The number of rotatable bonds is 5. The summed E-state index contributed by atoms with van der Waals surface area (Å²) in [7, 11) is 0. The van der Waals surface area contributed by atoms with Gasteiger partial charge in [-0.3, -0.25) is 19.9 Å². The fourth-order valence-electron chi connectivity index (χ4n) is 6.75. The molecule has 0 bridgehead atoms. The van der Waals surface area contributed by atoms with Gasteiger partial charge in [0, 0.05) is 70.2 Å². The fraction of sp³-hybridized carbons (Fsp3) is 0. The Balaban J connectivity index is 1.26. The van der Waals surface area contributed by atoms with Crippen LogP contribution in [0.5, 0.6) is 0 Å². The zero-order valence-corrected chi connectivity index (χ0v) is 26.7. The molecule has 0 fully saturated rings. The molecule has 0 aliphatic rings. The van der Waals surface area contributed by atoms with Crippen molar-refractivity contribution in [1.82, 2.24) is 24.9 Å². The second-order valence-corrected chi connectivity index (χ2v) is 12.1. The molecule has 0 aliphatic heterocycles. The first-order chi connectivity index (χ1) is 24.7. The van der Waals surface area contributed by atoms with E-state index < -0.39 is 0 Å². The van der Waals surface area contributed by atoms with Crippen LogP contribution in [0.15, 0.2) is 159 Å². The maximum absolute atomic E-state index is 9.20. The minimum absolute atomic E-state index is 0.649. The largest absolute Gasteiger partial charge is 0.265 e. The van der Waals surface area contributed by atoms with E-state index >= 15 is 0 Å². The minimum atomic E-state index is 0.649. The summed E-state index contributed by atoms with van der Waals surface area (Å²) in [5, 5.41) is 13.6. The Kier molecular flexibility index (Phi) is 7.07. The highest BCUT2D eigenvalue weighted by Crippen LogP contribution is 2.42. The van der Waals surface area contributed by atoms with E-state index in [1.165, 1.54) is 0 Å². The lowest BCUT2D eigenvalue weighted by molar-refractivity contribution is 1.27. The predicted octanol–water partition coefficient (Wildman–Crippen LogP) is 10.3. The lowest BCUT2D eigenvalue weighted by Gasteiger charge is -2.16. The van der Waals surface area contributed by atoms with E-state index in [2.05, 4.69) is 76.7 Å². The standard InChI is InChI=1S/C44H26N6/c45-27-28-5-7-29(8-6-28)30-9-11-31(12-10-30)37-25-39-36-4-2-18-49-44(36)38(26-40(39)35-3-1-17-48-43(35)37)34-23-41(32-13-19-46-20-14-32)50-42(24-34)33-15-21-47-22-16-33/h1-26H. The van der Waals surface area contributed by atoms with Crippen LogP contribution in [0.2, 0.25) is 0 Å². The Hall–Kier alpha value is -7.10. The van der Waals surface area contributed by atoms with Crippen molar-refractivity contribution in [3.63, 3.8) is 0 Å². The molecule has 5 heterocycles. The molecule has 232 valence electrons. The highest BCUT2D eigenvalue weighted by molar-refractivity contribution is 6.22. The van der Waals surface area contributed by atoms with E-state index in [0.29, 0.717) is 5.56 Å². The zero-order chi connectivity index (χ0) is 33.4. The second-order valence-electron chi connectivity index (χ2n) is 12.1. The lowest BCUT2D eigenvalue weighted by Crippen LogP contribution is -1.94. The Morgan fingerprint density at radius 3 is 1.36 bits per heavy atom. The average molecular weight is 639 g/mol. The zero-order valence-electron chi connectivity index (χ0n) is 26.7. The van der Waals surface area contributed by atoms with E-state index in [1.807, 2.05) is 73.1 Å². The number of hydrogen-bond acceptors (Lipinski definition) is 6. The molecule has 0 spiro atoms. The van der Waals surface area contributed by atoms with Crippen LogP contribution in [-0.2, 0) is 0 Å². The minimum Gasteiger partial charge on any atom is -0.265 e.